The Morgan fingerprint density at radius 2 is 1.92 bits per heavy atom. The fraction of sp³-hybridized carbons (Fsp3) is 0.444. The van der Waals surface area contributed by atoms with E-state index in [0.717, 1.165) is 10.4 Å². The number of nitrogens with zero attached hydrogens (tertiary/aromatic N) is 2. The highest BCUT2D eigenvalue weighted by atomic mass is 32.1. The van der Waals surface area contributed by atoms with Crippen LogP contribution in [0.2, 0.25) is 0 Å². The largest absolute Gasteiger partial charge is 0.365 e. The summed E-state index contributed by atoms with van der Waals surface area (Å²) in [6, 6.07) is 0. The van der Waals surface area contributed by atoms with Crippen molar-refractivity contribution < 1.29 is 14.3 Å². The van der Waals surface area contributed by atoms with Crippen LogP contribution >= 0.6 is 11.3 Å². The molecule has 2 aromatic rings. The fourth-order valence-electron chi connectivity index (χ4n) is 3.34. The molecule has 0 fully saturated rings. The van der Waals surface area contributed by atoms with Crippen molar-refractivity contribution in [2.24, 2.45) is 5.73 Å². The zero-order valence-corrected chi connectivity index (χ0v) is 16.3. The van der Waals surface area contributed by atoms with Crippen LogP contribution in [-0.4, -0.2) is 27.4 Å². The Morgan fingerprint density at radius 3 is 2.50 bits per heavy atom. The van der Waals surface area contributed by atoms with Gasteiger partial charge in [0.15, 0.2) is 0 Å². The van der Waals surface area contributed by atoms with Crippen LogP contribution in [0.25, 0.3) is 0 Å². The molecule has 138 valence electrons. The van der Waals surface area contributed by atoms with Crippen molar-refractivity contribution in [1.82, 2.24) is 9.97 Å². The third-order valence-electron chi connectivity index (χ3n) is 4.17. The van der Waals surface area contributed by atoms with E-state index < -0.39 is 23.0 Å². The first-order chi connectivity index (χ1) is 12.0. The van der Waals surface area contributed by atoms with E-state index in [1.807, 2.05) is 27.7 Å². The topological polar surface area (TPSA) is 107 Å². The van der Waals surface area contributed by atoms with Crippen molar-refractivity contribution in [2.75, 3.05) is 5.32 Å². The lowest BCUT2D eigenvalue weighted by molar-refractivity contribution is -0.135. The van der Waals surface area contributed by atoms with Gasteiger partial charge < -0.3 is 15.8 Å². The summed E-state index contributed by atoms with van der Waals surface area (Å²) in [6.45, 7) is 9.63. The molecule has 2 aromatic heterocycles. The third-order valence-corrected chi connectivity index (χ3v) is 5.63. The Hall–Kier alpha value is -2.32. The SMILES string of the molecule is Cc1cnc(C(=O)Nc2sc3c(c2C(N)=O)CC(C)(C)OC3(C)C)cn1. The van der Waals surface area contributed by atoms with Crippen LogP contribution in [0.15, 0.2) is 12.4 Å². The van der Waals surface area contributed by atoms with Gasteiger partial charge in [-0.2, -0.15) is 0 Å². The average molecular weight is 374 g/mol. The summed E-state index contributed by atoms with van der Waals surface area (Å²) in [7, 11) is 0. The number of thiophene rings is 1. The number of ether oxygens (including phenoxy) is 1. The summed E-state index contributed by atoms with van der Waals surface area (Å²) in [5.41, 5.74) is 6.70. The second-order valence-corrected chi connectivity index (χ2v) is 8.54. The van der Waals surface area contributed by atoms with E-state index >= 15 is 0 Å². The number of aryl methyl sites for hydroxylation is 1. The highest BCUT2D eigenvalue weighted by Gasteiger charge is 2.42. The molecule has 2 amide bonds. The Bertz CT molecular complexity index is 885. The first-order valence-electron chi connectivity index (χ1n) is 8.26. The van der Waals surface area contributed by atoms with Crippen LogP contribution in [0.3, 0.4) is 0 Å². The predicted octanol–water partition coefficient (Wildman–Crippen LogP) is 2.78. The van der Waals surface area contributed by atoms with E-state index in [-0.39, 0.29) is 5.69 Å². The van der Waals surface area contributed by atoms with E-state index in [0.29, 0.717) is 22.7 Å². The molecule has 8 heteroatoms. The van der Waals surface area contributed by atoms with E-state index in [1.165, 1.54) is 23.7 Å². The highest BCUT2D eigenvalue weighted by molar-refractivity contribution is 7.17. The normalized spacial score (nSPS) is 17.4. The van der Waals surface area contributed by atoms with Gasteiger partial charge in [-0.3, -0.25) is 14.6 Å². The van der Waals surface area contributed by atoms with Gasteiger partial charge in [0.05, 0.1) is 28.7 Å². The average Bonchev–Trinajstić information content (AvgIpc) is 2.84. The molecule has 3 rings (SSSR count). The molecule has 3 N–H and O–H groups in total. The minimum Gasteiger partial charge on any atom is -0.365 e. The minimum atomic E-state index is -0.585. The first kappa shape index (κ1) is 18.5. The molecule has 0 radical (unpaired) electrons. The molecule has 7 nitrogen and oxygen atoms in total. The van der Waals surface area contributed by atoms with Crippen molar-refractivity contribution in [3.8, 4) is 0 Å². The van der Waals surface area contributed by atoms with Crippen molar-refractivity contribution in [2.45, 2.75) is 52.2 Å². The Kier molecular flexibility index (Phi) is 4.36. The molecule has 0 aromatic carbocycles. The number of hydrogen-bond acceptors (Lipinski definition) is 6. The number of rotatable bonds is 3. The number of fused-ring (bicyclic) bond motifs is 1. The Labute approximate surface area is 156 Å². The molecule has 0 aliphatic carbocycles. The lowest BCUT2D eigenvalue weighted by atomic mass is 9.86. The summed E-state index contributed by atoms with van der Waals surface area (Å²) in [6.07, 6.45) is 3.46. The molecular formula is C18H22N4O3S. The van der Waals surface area contributed by atoms with Crippen molar-refractivity contribution in [3.63, 3.8) is 0 Å². The second kappa shape index (κ2) is 6.14. The van der Waals surface area contributed by atoms with E-state index in [1.54, 1.807) is 6.92 Å². The Morgan fingerprint density at radius 1 is 1.23 bits per heavy atom. The minimum absolute atomic E-state index is 0.174. The number of carbonyl (C=O) groups excluding carboxylic acids is 2. The van der Waals surface area contributed by atoms with Gasteiger partial charge in [-0.25, -0.2) is 4.98 Å². The molecule has 1 aliphatic rings. The first-order valence-corrected chi connectivity index (χ1v) is 9.08. The van der Waals surface area contributed by atoms with Gasteiger partial charge in [-0.1, -0.05) is 0 Å². The van der Waals surface area contributed by atoms with Gasteiger partial charge in [0.2, 0.25) is 0 Å². The maximum Gasteiger partial charge on any atom is 0.276 e. The number of amides is 2. The highest BCUT2D eigenvalue weighted by Crippen LogP contribution is 2.48. The molecule has 0 unspecified atom stereocenters. The zero-order valence-electron chi connectivity index (χ0n) is 15.5. The van der Waals surface area contributed by atoms with E-state index in [9.17, 15) is 9.59 Å². The summed E-state index contributed by atoms with van der Waals surface area (Å²) in [4.78, 5) is 33.7. The zero-order chi connectivity index (χ0) is 19.3. The molecule has 0 spiro atoms. The maximum atomic E-state index is 12.5. The van der Waals surface area contributed by atoms with E-state index in [2.05, 4.69) is 15.3 Å². The summed E-state index contributed by atoms with van der Waals surface area (Å²) in [5.74, 6) is -1.00. The molecule has 26 heavy (non-hydrogen) atoms. The molecule has 0 atom stereocenters. The summed E-state index contributed by atoms with van der Waals surface area (Å²) in [5, 5.41) is 3.19. The third kappa shape index (κ3) is 3.34. The molecule has 1 aliphatic heterocycles. The number of nitrogens with one attached hydrogen (secondary N) is 1. The second-order valence-electron chi connectivity index (χ2n) is 7.52. The fourth-order valence-corrected chi connectivity index (χ4v) is 4.60. The van der Waals surface area contributed by atoms with Crippen LogP contribution in [0.1, 0.15) is 64.7 Å². The van der Waals surface area contributed by atoms with Gasteiger partial charge in [0.25, 0.3) is 11.8 Å². The number of primary amides is 1. The van der Waals surface area contributed by atoms with Gasteiger partial charge in [0, 0.05) is 17.5 Å². The lowest BCUT2D eigenvalue weighted by Gasteiger charge is -2.41. The van der Waals surface area contributed by atoms with Gasteiger partial charge in [-0.05, 0) is 40.2 Å². The molecule has 0 saturated carbocycles. The van der Waals surface area contributed by atoms with Crippen LogP contribution in [0.5, 0.6) is 0 Å². The number of aromatic nitrogens is 2. The van der Waals surface area contributed by atoms with Crippen molar-refractivity contribution >= 4 is 28.2 Å². The summed E-state index contributed by atoms with van der Waals surface area (Å²) >= 11 is 1.32. The molecular weight excluding hydrogens is 352 g/mol. The number of carbonyl (C=O) groups is 2. The monoisotopic (exact) mass is 374 g/mol. The molecule has 0 bridgehead atoms. The summed E-state index contributed by atoms with van der Waals surface area (Å²) < 4.78 is 6.16. The number of anilines is 1. The smallest absolute Gasteiger partial charge is 0.276 e. The predicted molar refractivity (Wildman–Crippen MR) is 99.5 cm³/mol. The standard InChI is InChI=1S/C18H22N4O3S/c1-9-7-21-11(8-20-9)15(24)22-16-12(14(19)23)10-6-17(2,3)25-18(4,5)13(10)26-16/h7-8H,6H2,1-5H3,(H2,19,23)(H,22,24). The van der Waals surface area contributed by atoms with Crippen LogP contribution in [0.4, 0.5) is 5.00 Å². The lowest BCUT2D eigenvalue weighted by Crippen LogP contribution is -2.42. The van der Waals surface area contributed by atoms with Crippen molar-refractivity contribution in [1.29, 1.82) is 0 Å². The van der Waals surface area contributed by atoms with Crippen LogP contribution < -0.4 is 11.1 Å². The van der Waals surface area contributed by atoms with Gasteiger partial charge >= 0.3 is 0 Å². The molecule has 3 heterocycles. The van der Waals surface area contributed by atoms with Crippen LogP contribution in [0, 0.1) is 6.92 Å². The number of nitrogens with two attached hydrogens (primary N) is 1. The van der Waals surface area contributed by atoms with Crippen LogP contribution in [-0.2, 0) is 16.8 Å². The van der Waals surface area contributed by atoms with E-state index in [4.69, 9.17) is 10.5 Å². The van der Waals surface area contributed by atoms with Crippen molar-refractivity contribution in [3.05, 3.63) is 39.8 Å². The quantitative estimate of drug-likeness (QED) is 0.859. The molecule has 0 saturated heterocycles. The number of hydrogen-bond donors (Lipinski definition) is 2. The Balaban J connectivity index is 2.03. The van der Waals surface area contributed by atoms with Gasteiger partial charge in [0.1, 0.15) is 10.7 Å². The maximum absolute atomic E-state index is 12.5. The van der Waals surface area contributed by atoms with Gasteiger partial charge in [-0.15, -0.1) is 11.3 Å².